The summed E-state index contributed by atoms with van der Waals surface area (Å²) in [5, 5.41) is 21.1. The van der Waals surface area contributed by atoms with Crippen molar-refractivity contribution >= 4 is 34.1 Å². The molecular formula is C18H17Cl2NO2. The summed E-state index contributed by atoms with van der Waals surface area (Å²) in [6.07, 6.45) is -0.608. The molecule has 0 fully saturated rings. The van der Waals surface area contributed by atoms with Crippen LogP contribution < -0.4 is 0 Å². The number of hydrogen-bond acceptors (Lipinski definition) is 2. The van der Waals surface area contributed by atoms with Crippen LogP contribution in [0, 0.1) is 0 Å². The zero-order valence-electron chi connectivity index (χ0n) is 12.6. The summed E-state index contributed by atoms with van der Waals surface area (Å²) >= 11 is 12.3. The van der Waals surface area contributed by atoms with Crippen LogP contribution in [-0.2, 0) is 13.0 Å². The Labute approximate surface area is 144 Å². The van der Waals surface area contributed by atoms with E-state index in [-0.39, 0.29) is 0 Å². The number of halogens is 2. The number of fused-ring (bicyclic) bond motifs is 1. The van der Waals surface area contributed by atoms with Gasteiger partial charge in [-0.05, 0) is 41.6 Å². The van der Waals surface area contributed by atoms with E-state index in [0.29, 0.717) is 22.2 Å². The van der Waals surface area contributed by atoms with E-state index in [1.165, 1.54) is 0 Å². The van der Waals surface area contributed by atoms with E-state index in [1.54, 1.807) is 12.1 Å². The third-order valence-electron chi connectivity index (χ3n) is 4.02. The second kappa shape index (κ2) is 6.54. The van der Waals surface area contributed by atoms with Crippen molar-refractivity contribution in [3.05, 3.63) is 69.3 Å². The molecular weight excluding hydrogens is 333 g/mol. The molecule has 1 heterocycles. The molecule has 0 atom stereocenters. The van der Waals surface area contributed by atoms with Crippen molar-refractivity contribution in [2.45, 2.75) is 26.2 Å². The van der Waals surface area contributed by atoms with Crippen LogP contribution in [0.1, 0.15) is 30.0 Å². The summed E-state index contributed by atoms with van der Waals surface area (Å²) in [5.41, 5.74) is 3.56. The Morgan fingerprint density at radius 1 is 1.04 bits per heavy atom. The molecule has 0 aliphatic carbocycles. The van der Waals surface area contributed by atoms with E-state index in [4.69, 9.17) is 23.2 Å². The van der Waals surface area contributed by atoms with Gasteiger partial charge in [0.05, 0.1) is 0 Å². The normalized spacial score (nSPS) is 11.6. The summed E-state index contributed by atoms with van der Waals surface area (Å²) in [6.45, 7) is 2.70. The molecule has 2 aromatic carbocycles. The predicted octanol–water partition coefficient (Wildman–Crippen LogP) is 4.54. The summed E-state index contributed by atoms with van der Waals surface area (Å²) < 4.78 is 2.15. The molecule has 3 aromatic rings. The van der Waals surface area contributed by atoms with Gasteiger partial charge in [0.2, 0.25) is 0 Å². The second-order valence-corrected chi connectivity index (χ2v) is 6.35. The Morgan fingerprint density at radius 2 is 1.83 bits per heavy atom. The lowest BCUT2D eigenvalue weighted by Crippen LogP contribution is -2.05. The SMILES string of the molecule is CCc1cc2ccc(C(O)O)cc2n1Cc1ccc(Cl)cc1Cl. The van der Waals surface area contributed by atoms with E-state index in [1.807, 2.05) is 24.3 Å². The monoisotopic (exact) mass is 349 g/mol. The van der Waals surface area contributed by atoms with Crippen molar-refractivity contribution in [2.75, 3.05) is 0 Å². The lowest BCUT2D eigenvalue weighted by atomic mass is 10.1. The highest BCUT2D eigenvalue weighted by Gasteiger charge is 2.12. The van der Waals surface area contributed by atoms with Crippen LogP contribution >= 0.6 is 23.2 Å². The Morgan fingerprint density at radius 3 is 2.48 bits per heavy atom. The van der Waals surface area contributed by atoms with E-state index in [0.717, 1.165) is 28.6 Å². The largest absolute Gasteiger partial charge is 0.364 e. The van der Waals surface area contributed by atoms with Crippen molar-refractivity contribution < 1.29 is 10.2 Å². The molecule has 0 radical (unpaired) electrons. The maximum atomic E-state index is 9.41. The second-order valence-electron chi connectivity index (χ2n) is 5.50. The van der Waals surface area contributed by atoms with E-state index >= 15 is 0 Å². The molecule has 0 saturated heterocycles. The van der Waals surface area contributed by atoms with Gasteiger partial charge in [0.15, 0.2) is 6.29 Å². The number of benzene rings is 2. The van der Waals surface area contributed by atoms with Crippen molar-refractivity contribution in [3.63, 3.8) is 0 Å². The third-order valence-corrected chi connectivity index (χ3v) is 4.60. The molecule has 0 bridgehead atoms. The zero-order chi connectivity index (χ0) is 16.6. The van der Waals surface area contributed by atoms with Crippen LogP contribution in [0.25, 0.3) is 10.9 Å². The summed E-state index contributed by atoms with van der Waals surface area (Å²) in [5.74, 6) is 0. The van der Waals surface area contributed by atoms with Gasteiger partial charge in [-0.3, -0.25) is 0 Å². The number of rotatable bonds is 4. The minimum absolute atomic E-state index is 0.474. The highest BCUT2D eigenvalue weighted by atomic mass is 35.5. The van der Waals surface area contributed by atoms with Gasteiger partial charge in [-0.1, -0.05) is 48.3 Å². The van der Waals surface area contributed by atoms with Gasteiger partial charge >= 0.3 is 0 Å². The first-order valence-electron chi connectivity index (χ1n) is 7.41. The quantitative estimate of drug-likeness (QED) is 0.679. The maximum Gasteiger partial charge on any atom is 0.178 e. The molecule has 2 N–H and O–H groups in total. The summed E-state index contributed by atoms with van der Waals surface area (Å²) in [4.78, 5) is 0. The minimum atomic E-state index is -1.48. The van der Waals surface area contributed by atoms with E-state index < -0.39 is 6.29 Å². The van der Waals surface area contributed by atoms with Gasteiger partial charge in [0.25, 0.3) is 0 Å². The van der Waals surface area contributed by atoms with Crippen molar-refractivity contribution in [3.8, 4) is 0 Å². The van der Waals surface area contributed by atoms with Crippen molar-refractivity contribution in [1.82, 2.24) is 4.57 Å². The number of aliphatic hydroxyl groups is 2. The lowest BCUT2D eigenvalue weighted by molar-refractivity contribution is -0.0424. The summed E-state index contributed by atoms with van der Waals surface area (Å²) in [7, 11) is 0. The van der Waals surface area contributed by atoms with Crippen LogP contribution in [0.15, 0.2) is 42.5 Å². The Hall–Kier alpha value is -1.52. The van der Waals surface area contributed by atoms with Gasteiger partial charge in [-0.25, -0.2) is 0 Å². The molecule has 5 heteroatoms. The highest BCUT2D eigenvalue weighted by Crippen LogP contribution is 2.27. The molecule has 0 aliphatic rings. The molecule has 0 amide bonds. The molecule has 1 aromatic heterocycles. The maximum absolute atomic E-state index is 9.41. The fraction of sp³-hybridized carbons (Fsp3) is 0.222. The molecule has 3 rings (SSSR count). The number of aromatic nitrogens is 1. The first-order chi connectivity index (χ1) is 11.0. The first-order valence-corrected chi connectivity index (χ1v) is 8.17. The van der Waals surface area contributed by atoms with E-state index in [9.17, 15) is 10.2 Å². The molecule has 23 heavy (non-hydrogen) atoms. The van der Waals surface area contributed by atoms with E-state index in [2.05, 4.69) is 17.6 Å². The van der Waals surface area contributed by atoms with Crippen LogP contribution in [0.3, 0.4) is 0 Å². The number of nitrogens with zero attached hydrogens (tertiary/aromatic N) is 1. The first kappa shape index (κ1) is 16.3. The minimum Gasteiger partial charge on any atom is -0.364 e. The van der Waals surface area contributed by atoms with Gasteiger partial charge < -0.3 is 14.8 Å². The molecule has 120 valence electrons. The fourth-order valence-electron chi connectivity index (χ4n) is 2.79. The van der Waals surface area contributed by atoms with Crippen molar-refractivity contribution in [1.29, 1.82) is 0 Å². The van der Waals surface area contributed by atoms with Gasteiger partial charge in [0.1, 0.15) is 0 Å². The van der Waals surface area contributed by atoms with Crippen LogP contribution in [0.5, 0.6) is 0 Å². The number of aryl methyl sites for hydroxylation is 1. The van der Waals surface area contributed by atoms with Gasteiger partial charge in [-0.2, -0.15) is 0 Å². The Kier molecular flexibility index (Phi) is 4.64. The third kappa shape index (κ3) is 3.24. The molecule has 0 unspecified atom stereocenters. The van der Waals surface area contributed by atoms with Crippen molar-refractivity contribution in [2.24, 2.45) is 0 Å². The number of hydrogen-bond donors (Lipinski definition) is 2. The molecule has 3 nitrogen and oxygen atoms in total. The topological polar surface area (TPSA) is 45.4 Å². The van der Waals surface area contributed by atoms with Crippen LogP contribution in [-0.4, -0.2) is 14.8 Å². The van der Waals surface area contributed by atoms with Crippen LogP contribution in [0.4, 0.5) is 0 Å². The summed E-state index contributed by atoms with van der Waals surface area (Å²) in [6, 6.07) is 13.0. The number of aliphatic hydroxyl groups excluding tert-OH is 1. The fourth-order valence-corrected chi connectivity index (χ4v) is 3.26. The van der Waals surface area contributed by atoms with Crippen LogP contribution in [0.2, 0.25) is 10.0 Å². The average Bonchev–Trinajstić information content (AvgIpc) is 2.87. The lowest BCUT2D eigenvalue weighted by Gasteiger charge is -2.12. The zero-order valence-corrected chi connectivity index (χ0v) is 14.1. The average molecular weight is 350 g/mol. The molecule has 0 saturated carbocycles. The van der Waals surface area contributed by atoms with Gasteiger partial charge in [0, 0.05) is 33.4 Å². The molecule has 0 spiro atoms. The predicted molar refractivity (Wildman–Crippen MR) is 94.1 cm³/mol. The Bertz CT molecular complexity index is 856. The Balaban J connectivity index is 2.12. The van der Waals surface area contributed by atoms with Gasteiger partial charge in [-0.15, -0.1) is 0 Å². The molecule has 0 aliphatic heterocycles. The smallest absolute Gasteiger partial charge is 0.178 e. The standard InChI is InChI=1S/C18H17Cl2NO2/c1-2-15-7-11-3-4-12(18(22)23)8-17(11)21(15)10-13-5-6-14(19)9-16(13)20/h3-9,18,22-23H,2,10H2,1H3. The highest BCUT2D eigenvalue weighted by molar-refractivity contribution is 6.35.